The van der Waals surface area contributed by atoms with Crippen molar-refractivity contribution in [2.75, 3.05) is 0 Å². The van der Waals surface area contributed by atoms with Gasteiger partial charge in [-0.25, -0.2) is 0 Å². The van der Waals surface area contributed by atoms with Gasteiger partial charge in [-0.1, -0.05) is 24.1 Å². The number of azide groups is 2. The second-order valence-electron chi connectivity index (χ2n) is 3.97. The minimum atomic E-state index is 0.0557. The van der Waals surface area contributed by atoms with E-state index in [1.807, 2.05) is 13.8 Å². The summed E-state index contributed by atoms with van der Waals surface area (Å²) < 4.78 is 0. The molecule has 0 amide bonds. The fraction of sp³-hybridized carbons (Fsp3) is 1.00. The molecule has 6 nitrogen and oxygen atoms in total. The molecular weight excluding hydrogens is 180 g/mol. The summed E-state index contributed by atoms with van der Waals surface area (Å²) in [5.41, 5.74) is 16.7. The number of hydrogen-bond acceptors (Lipinski definition) is 2. The summed E-state index contributed by atoms with van der Waals surface area (Å²) in [5, 5.41) is 7.51. The van der Waals surface area contributed by atoms with Crippen molar-refractivity contribution < 1.29 is 0 Å². The zero-order valence-corrected chi connectivity index (χ0v) is 8.41. The standard InChI is InChI=1S/C8H14N6/c1-5-3-8(12-14-10)6(2)4-7(5)11-13-9/h5-8H,3-4H2,1-2H3/t5-,6-,7+,8+/m0/s1. The van der Waals surface area contributed by atoms with E-state index in [0.29, 0.717) is 11.8 Å². The summed E-state index contributed by atoms with van der Waals surface area (Å²) in [5.74, 6) is 0.607. The molecule has 14 heavy (non-hydrogen) atoms. The second-order valence-corrected chi connectivity index (χ2v) is 3.97. The van der Waals surface area contributed by atoms with Gasteiger partial charge in [0.2, 0.25) is 0 Å². The van der Waals surface area contributed by atoms with Crippen LogP contribution in [0.2, 0.25) is 0 Å². The first kappa shape index (κ1) is 10.7. The van der Waals surface area contributed by atoms with Crippen LogP contribution in [0.1, 0.15) is 26.7 Å². The van der Waals surface area contributed by atoms with Crippen LogP contribution < -0.4 is 0 Å². The van der Waals surface area contributed by atoms with Crippen LogP contribution in [0.15, 0.2) is 10.2 Å². The van der Waals surface area contributed by atoms with E-state index in [0.717, 1.165) is 12.8 Å². The van der Waals surface area contributed by atoms with Crippen molar-refractivity contribution in [2.24, 2.45) is 22.1 Å². The summed E-state index contributed by atoms with van der Waals surface area (Å²) in [4.78, 5) is 5.67. The van der Waals surface area contributed by atoms with Gasteiger partial charge in [0, 0.05) is 21.9 Å². The van der Waals surface area contributed by atoms with Crippen LogP contribution in [0.5, 0.6) is 0 Å². The first-order valence-corrected chi connectivity index (χ1v) is 4.77. The molecule has 0 aromatic rings. The Morgan fingerprint density at radius 1 is 0.929 bits per heavy atom. The van der Waals surface area contributed by atoms with Crippen LogP contribution in [0, 0.1) is 11.8 Å². The van der Waals surface area contributed by atoms with Gasteiger partial charge in [-0.05, 0) is 35.7 Å². The topological polar surface area (TPSA) is 97.5 Å². The number of nitrogens with zero attached hydrogens (tertiary/aromatic N) is 6. The number of hydrogen-bond donors (Lipinski definition) is 0. The molecule has 1 fully saturated rings. The maximum absolute atomic E-state index is 8.37. The van der Waals surface area contributed by atoms with Gasteiger partial charge in [0.1, 0.15) is 0 Å². The average Bonchev–Trinajstić information content (AvgIpc) is 2.14. The van der Waals surface area contributed by atoms with Crippen molar-refractivity contribution in [3.63, 3.8) is 0 Å². The van der Waals surface area contributed by atoms with Crippen LogP contribution in [0.3, 0.4) is 0 Å². The highest BCUT2D eigenvalue weighted by molar-refractivity contribution is 4.89. The van der Waals surface area contributed by atoms with E-state index < -0.39 is 0 Å². The SMILES string of the molecule is C[C@H]1C[C@@H](N=[N+]=[N-])[C@@H](C)C[C@H]1N=[N+]=[N-]. The van der Waals surface area contributed by atoms with Crippen LogP contribution in [0.4, 0.5) is 0 Å². The Morgan fingerprint density at radius 2 is 1.29 bits per heavy atom. The lowest BCUT2D eigenvalue weighted by molar-refractivity contribution is 0.232. The Hall–Kier alpha value is -1.38. The molecule has 0 spiro atoms. The van der Waals surface area contributed by atoms with Crippen LogP contribution in [-0.2, 0) is 0 Å². The van der Waals surface area contributed by atoms with E-state index in [1.54, 1.807) is 0 Å². The molecule has 0 aromatic carbocycles. The van der Waals surface area contributed by atoms with Gasteiger partial charge < -0.3 is 0 Å². The predicted molar refractivity (Wildman–Crippen MR) is 53.4 cm³/mol. The molecule has 76 valence electrons. The van der Waals surface area contributed by atoms with E-state index in [-0.39, 0.29) is 12.1 Å². The van der Waals surface area contributed by atoms with E-state index in [1.165, 1.54) is 0 Å². The lowest BCUT2D eigenvalue weighted by atomic mass is 9.77. The van der Waals surface area contributed by atoms with E-state index >= 15 is 0 Å². The maximum Gasteiger partial charge on any atom is 0.0402 e. The molecule has 1 rings (SSSR count). The van der Waals surface area contributed by atoms with Gasteiger partial charge in [0.05, 0.1) is 0 Å². The van der Waals surface area contributed by atoms with Crippen molar-refractivity contribution in [3.8, 4) is 0 Å². The fourth-order valence-electron chi connectivity index (χ4n) is 2.00. The Labute approximate surface area is 82.6 Å². The van der Waals surface area contributed by atoms with Gasteiger partial charge in [-0.3, -0.25) is 0 Å². The van der Waals surface area contributed by atoms with Crippen LogP contribution in [0.25, 0.3) is 20.9 Å². The lowest BCUT2D eigenvalue weighted by Gasteiger charge is -2.34. The van der Waals surface area contributed by atoms with E-state index in [2.05, 4.69) is 20.1 Å². The highest BCUT2D eigenvalue weighted by Gasteiger charge is 2.31. The summed E-state index contributed by atoms with van der Waals surface area (Å²) in [6.07, 6.45) is 1.63. The van der Waals surface area contributed by atoms with Crippen molar-refractivity contribution in [1.82, 2.24) is 0 Å². The molecule has 0 heterocycles. The largest absolute Gasteiger partial charge is 0.0903 e. The summed E-state index contributed by atoms with van der Waals surface area (Å²) >= 11 is 0. The third-order valence-electron chi connectivity index (χ3n) is 2.94. The number of rotatable bonds is 2. The Morgan fingerprint density at radius 3 is 1.57 bits per heavy atom. The third-order valence-corrected chi connectivity index (χ3v) is 2.94. The summed E-state index contributed by atoms with van der Waals surface area (Å²) in [6.45, 7) is 4.07. The van der Waals surface area contributed by atoms with E-state index in [9.17, 15) is 0 Å². The molecule has 0 bridgehead atoms. The smallest absolute Gasteiger partial charge is 0.0402 e. The first-order chi connectivity index (χ1) is 6.69. The minimum absolute atomic E-state index is 0.0557. The van der Waals surface area contributed by atoms with Gasteiger partial charge >= 0.3 is 0 Å². The molecule has 0 aromatic heterocycles. The van der Waals surface area contributed by atoms with Crippen molar-refractivity contribution >= 4 is 0 Å². The predicted octanol–water partition coefficient (Wildman–Crippen LogP) is 3.41. The van der Waals surface area contributed by atoms with Gasteiger partial charge in [0.25, 0.3) is 0 Å². The molecule has 4 atom stereocenters. The summed E-state index contributed by atoms with van der Waals surface area (Å²) in [6, 6.07) is 0.111. The maximum atomic E-state index is 8.37. The van der Waals surface area contributed by atoms with Gasteiger partial charge in [-0.2, -0.15) is 0 Å². The molecule has 0 unspecified atom stereocenters. The molecule has 1 saturated carbocycles. The van der Waals surface area contributed by atoms with Crippen LogP contribution >= 0.6 is 0 Å². The third kappa shape index (κ3) is 2.31. The van der Waals surface area contributed by atoms with Crippen molar-refractivity contribution in [2.45, 2.75) is 38.8 Å². The lowest BCUT2D eigenvalue weighted by Crippen LogP contribution is -2.33. The zero-order chi connectivity index (χ0) is 10.6. The van der Waals surface area contributed by atoms with Crippen LogP contribution in [-0.4, -0.2) is 12.1 Å². The molecule has 0 aliphatic heterocycles. The monoisotopic (exact) mass is 194 g/mol. The molecule has 6 heteroatoms. The molecule has 0 N–H and O–H groups in total. The Balaban J connectivity index is 2.70. The Bertz CT molecular complexity index is 258. The highest BCUT2D eigenvalue weighted by Crippen LogP contribution is 2.33. The minimum Gasteiger partial charge on any atom is -0.0903 e. The zero-order valence-electron chi connectivity index (χ0n) is 8.41. The molecule has 1 aliphatic carbocycles. The average molecular weight is 194 g/mol. The van der Waals surface area contributed by atoms with Gasteiger partial charge in [-0.15, -0.1) is 0 Å². The molecular formula is C8H14N6. The normalized spacial score (nSPS) is 36.7. The highest BCUT2D eigenvalue weighted by atomic mass is 15.2. The van der Waals surface area contributed by atoms with Crippen molar-refractivity contribution in [3.05, 3.63) is 20.9 Å². The molecule has 0 saturated heterocycles. The fourth-order valence-corrected chi connectivity index (χ4v) is 2.00. The van der Waals surface area contributed by atoms with E-state index in [4.69, 9.17) is 11.1 Å². The van der Waals surface area contributed by atoms with Crippen molar-refractivity contribution in [1.29, 1.82) is 0 Å². The molecule has 0 radical (unpaired) electrons. The Kier molecular flexibility index (Phi) is 3.63. The first-order valence-electron chi connectivity index (χ1n) is 4.77. The van der Waals surface area contributed by atoms with Gasteiger partial charge in [0.15, 0.2) is 0 Å². The quantitative estimate of drug-likeness (QED) is 0.365. The second kappa shape index (κ2) is 4.74. The molecule has 1 aliphatic rings. The summed E-state index contributed by atoms with van der Waals surface area (Å²) in [7, 11) is 0.